The Labute approximate surface area is 88.4 Å². The number of rotatable bonds is 4. The van der Waals surface area contributed by atoms with E-state index >= 15 is 0 Å². The van der Waals surface area contributed by atoms with Crippen LogP contribution >= 0.6 is 0 Å². The van der Waals surface area contributed by atoms with Crippen molar-refractivity contribution >= 4 is 0 Å². The number of hydrogen-bond donors (Lipinski definition) is 0. The third-order valence-corrected chi connectivity index (χ3v) is 2.58. The van der Waals surface area contributed by atoms with E-state index in [9.17, 15) is 0 Å². The molecule has 0 spiro atoms. The van der Waals surface area contributed by atoms with E-state index in [4.69, 9.17) is 0 Å². The molecule has 1 atom stereocenters. The zero-order chi connectivity index (χ0) is 10.6. The van der Waals surface area contributed by atoms with Crippen molar-refractivity contribution in [2.75, 3.05) is 0 Å². The molecule has 0 bridgehead atoms. The van der Waals surface area contributed by atoms with Crippen LogP contribution in [0.3, 0.4) is 0 Å². The highest BCUT2D eigenvalue weighted by Crippen LogP contribution is 2.16. The molecule has 0 amide bonds. The molecule has 0 aliphatic heterocycles. The van der Waals surface area contributed by atoms with Crippen molar-refractivity contribution in [2.45, 2.75) is 40.5 Å². The smallest absolute Gasteiger partial charge is 0.0253 e. The van der Waals surface area contributed by atoms with Gasteiger partial charge in [-0.15, -0.1) is 0 Å². The summed E-state index contributed by atoms with van der Waals surface area (Å²) in [5.41, 5.74) is 2.83. The van der Waals surface area contributed by atoms with Gasteiger partial charge in [0.2, 0.25) is 0 Å². The topological polar surface area (TPSA) is 0 Å². The van der Waals surface area contributed by atoms with Gasteiger partial charge in [-0.05, 0) is 37.2 Å². The van der Waals surface area contributed by atoms with Gasteiger partial charge in [-0.3, -0.25) is 0 Å². The van der Waals surface area contributed by atoms with E-state index in [1.54, 1.807) is 0 Å². The third kappa shape index (κ3) is 3.95. The number of benzene rings is 1. The van der Waals surface area contributed by atoms with E-state index < -0.39 is 0 Å². The fourth-order valence-corrected chi connectivity index (χ4v) is 2.01. The minimum Gasteiger partial charge on any atom is -0.0628 e. The second-order valence-electron chi connectivity index (χ2n) is 4.92. The van der Waals surface area contributed by atoms with Crippen LogP contribution in [0.25, 0.3) is 0 Å². The molecular weight excluding hydrogens is 168 g/mol. The monoisotopic (exact) mass is 190 g/mol. The maximum atomic E-state index is 2.35. The molecule has 0 radical (unpaired) electrons. The zero-order valence-corrected chi connectivity index (χ0v) is 9.88. The Hall–Kier alpha value is -0.780. The molecule has 0 heteroatoms. The highest BCUT2D eigenvalue weighted by molar-refractivity contribution is 5.21. The number of hydrogen-bond acceptors (Lipinski definition) is 0. The van der Waals surface area contributed by atoms with Crippen LogP contribution in [0.1, 0.15) is 38.3 Å². The first kappa shape index (κ1) is 11.3. The van der Waals surface area contributed by atoms with E-state index in [-0.39, 0.29) is 0 Å². The Kier molecular flexibility index (Phi) is 4.19. The minimum atomic E-state index is 0.803. The average Bonchev–Trinajstić information content (AvgIpc) is 2.07. The van der Waals surface area contributed by atoms with Crippen LogP contribution < -0.4 is 0 Å². The first-order chi connectivity index (χ1) is 6.58. The third-order valence-electron chi connectivity index (χ3n) is 2.58. The summed E-state index contributed by atoms with van der Waals surface area (Å²) in [6.07, 6.45) is 2.55. The zero-order valence-electron chi connectivity index (χ0n) is 9.88. The Balaban J connectivity index is 2.47. The van der Waals surface area contributed by atoms with Gasteiger partial charge in [0.25, 0.3) is 0 Å². The summed E-state index contributed by atoms with van der Waals surface area (Å²) < 4.78 is 0. The molecule has 0 heterocycles. The summed E-state index contributed by atoms with van der Waals surface area (Å²) in [6.45, 7) is 9.08. The fourth-order valence-electron chi connectivity index (χ4n) is 2.01. The molecule has 1 aromatic rings. The summed E-state index contributed by atoms with van der Waals surface area (Å²) in [5, 5.41) is 0. The molecule has 0 nitrogen and oxygen atoms in total. The van der Waals surface area contributed by atoms with E-state index in [2.05, 4.69) is 52.0 Å². The van der Waals surface area contributed by atoms with Gasteiger partial charge in [0.1, 0.15) is 0 Å². The van der Waals surface area contributed by atoms with E-state index in [1.165, 1.54) is 24.0 Å². The van der Waals surface area contributed by atoms with Crippen LogP contribution in [-0.4, -0.2) is 0 Å². The molecule has 0 aromatic heterocycles. The van der Waals surface area contributed by atoms with Crippen LogP contribution in [0.2, 0.25) is 0 Å². The van der Waals surface area contributed by atoms with Crippen LogP contribution in [-0.2, 0) is 6.42 Å². The van der Waals surface area contributed by atoms with Crippen molar-refractivity contribution in [1.82, 2.24) is 0 Å². The molecule has 1 unspecified atom stereocenters. The summed E-state index contributed by atoms with van der Waals surface area (Å²) in [4.78, 5) is 0. The molecule has 0 aliphatic rings. The van der Waals surface area contributed by atoms with Crippen molar-refractivity contribution in [1.29, 1.82) is 0 Å². The van der Waals surface area contributed by atoms with Crippen molar-refractivity contribution < 1.29 is 0 Å². The van der Waals surface area contributed by atoms with Gasteiger partial charge in [-0.1, -0.05) is 50.6 Å². The van der Waals surface area contributed by atoms with Gasteiger partial charge in [-0.2, -0.15) is 0 Å². The number of aryl methyl sites for hydroxylation is 1. The highest BCUT2D eigenvalue weighted by atomic mass is 14.1. The van der Waals surface area contributed by atoms with Crippen molar-refractivity contribution in [3.05, 3.63) is 35.4 Å². The Bertz CT molecular complexity index is 256. The van der Waals surface area contributed by atoms with E-state index in [0.717, 1.165) is 11.8 Å². The molecule has 1 rings (SSSR count). The predicted molar refractivity (Wildman–Crippen MR) is 63.5 cm³/mol. The average molecular weight is 190 g/mol. The maximum absolute atomic E-state index is 2.35. The first-order valence-electron chi connectivity index (χ1n) is 5.63. The maximum Gasteiger partial charge on any atom is -0.0253 e. The highest BCUT2D eigenvalue weighted by Gasteiger charge is 2.05. The predicted octanol–water partition coefficient (Wildman–Crippen LogP) is 4.22. The van der Waals surface area contributed by atoms with Crippen molar-refractivity contribution in [3.8, 4) is 0 Å². The van der Waals surface area contributed by atoms with Gasteiger partial charge in [0, 0.05) is 0 Å². The molecule has 1 aromatic carbocycles. The van der Waals surface area contributed by atoms with Crippen LogP contribution in [0.5, 0.6) is 0 Å². The second kappa shape index (κ2) is 5.19. The standard InChI is InChI=1S/C14H22/c1-11(2)9-13(4)10-14-7-5-12(3)6-8-14/h5-8,11,13H,9-10H2,1-4H3. The molecule has 14 heavy (non-hydrogen) atoms. The van der Waals surface area contributed by atoms with Crippen LogP contribution in [0, 0.1) is 18.8 Å². The molecular formula is C14H22. The summed E-state index contributed by atoms with van der Waals surface area (Å²) in [6, 6.07) is 8.92. The molecule has 0 fully saturated rings. The Morgan fingerprint density at radius 3 is 2.07 bits per heavy atom. The quantitative estimate of drug-likeness (QED) is 0.667. The van der Waals surface area contributed by atoms with Gasteiger partial charge in [0.15, 0.2) is 0 Å². The van der Waals surface area contributed by atoms with Crippen LogP contribution in [0.15, 0.2) is 24.3 Å². The normalized spacial score (nSPS) is 13.2. The molecule has 0 saturated heterocycles. The summed E-state index contributed by atoms with van der Waals surface area (Å²) in [7, 11) is 0. The lowest BCUT2D eigenvalue weighted by Crippen LogP contribution is -2.03. The lowest BCUT2D eigenvalue weighted by atomic mass is 9.92. The van der Waals surface area contributed by atoms with Gasteiger partial charge < -0.3 is 0 Å². The fraction of sp³-hybridized carbons (Fsp3) is 0.571. The molecule has 78 valence electrons. The van der Waals surface area contributed by atoms with Gasteiger partial charge in [-0.25, -0.2) is 0 Å². The largest absolute Gasteiger partial charge is 0.0628 e. The lowest BCUT2D eigenvalue weighted by molar-refractivity contribution is 0.437. The molecule has 0 aliphatic carbocycles. The molecule has 0 N–H and O–H groups in total. The molecule has 0 saturated carbocycles. The van der Waals surface area contributed by atoms with E-state index in [0.29, 0.717) is 0 Å². The first-order valence-corrected chi connectivity index (χ1v) is 5.63. The Morgan fingerprint density at radius 1 is 1.00 bits per heavy atom. The second-order valence-corrected chi connectivity index (χ2v) is 4.92. The van der Waals surface area contributed by atoms with E-state index in [1.807, 2.05) is 0 Å². The van der Waals surface area contributed by atoms with Crippen molar-refractivity contribution in [3.63, 3.8) is 0 Å². The van der Waals surface area contributed by atoms with Crippen molar-refractivity contribution in [2.24, 2.45) is 11.8 Å². The minimum absolute atomic E-state index is 0.803. The van der Waals surface area contributed by atoms with Gasteiger partial charge in [0.05, 0.1) is 0 Å². The summed E-state index contributed by atoms with van der Waals surface area (Å²) >= 11 is 0. The van der Waals surface area contributed by atoms with Gasteiger partial charge >= 0.3 is 0 Å². The summed E-state index contributed by atoms with van der Waals surface area (Å²) in [5.74, 6) is 1.62. The lowest BCUT2D eigenvalue weighted by Gasteiger charge is -2.13. The SMILES string of the molecule is Cc1ccc(CC(C)CC(C)C)cc1. The van der Waals surface area contributed by atoms with Crippen LogP contribution in [0.4, 0.5) is 0 Å². The Morgan fingerprint density at radius 2 is 1.57 bits per heavy atom.